The number of aromatic nitrogens is 2. The fraction of sp³-hybridized carbons (Fsp3) is 0.0556. The normalized spacial score (nSPS) is 13.7. The lowest BCUT2D eigenvalue weighted by molar-refractivity contribution is 0.660. The van der Waals surface area contributed by atoms with Crippen LogP contribution in [-0.4, -0.2) is 9.13 Å². The minimum atomic E-state index is -0.528. The minimum absolute atomic E-state index is 0.162. The van der Waals surface area contributed by atoms with E-state index >= 15 is 0 Å². The molecule has 2 heterocycles. The molecular formula is C72H51N3. The summed E-state index contributed by atoms with van der Waals surface area (Å²) in [5.74, 6) is 0. The van der Waals surface area contributed by atoms with Crippen molar-refractivity contribution >= 4 is 49.8 Å². The molecule has 0 unspecified atom stereocenters. The quantitative estimate of drug-likeness (QED) is 0.148. The second-order valence-corrected chi connectivity index (χ2v) is 20.9. The van der Waals surface area contributed by atoms with Crippen molar-refractivity contribution in [2.75, 3.05) is 4.90 Å². The molecule has 15 rings (SSSR count). The van der Waals surface area contributed by atoms with Gasteiger partial charge in [0.15, 0.2) is 0 Å². The first-order valence-electron chi connectivity index (χ1n) is 26.2. The number of hydrogen-bond donors (Lipinski definition) is 0. The third-order valence-corrected chi connectivity index (χ3v) is 16.6. The first-order valence-corrected chi connectivity index (χ1v) is 26.2. The lowest BCUT2D eigenvalue weighted by Gasteiger charge is -2.35. The average molecular weight is 958 g/mol. The van der Waals surface area contributed by atoms with Gasteiger partial charge in [-0.05, 0) is 158 Å². The molecule has 11 aromatic carbocycles. The molecule has 0 atom stereocenters. The number of para-hydroxylation sites is 2. The van der Waals surface area contributed by atoms with Crippen molar-refractivity contribution in [1.29, 1.82) is 0 Å². The zero-order chi connectivity index (χ0) is 49.8. The molecule has 0 saturated carbocycles. The van der Waals surface area contributed by atoms with E-state index < -0.39 is 5.41 Å². The summed E-state index contributed by atoms with van der Waals surface area (Å²) < 4.78 is 4.73. The molecule has 2 aliphatic carbocycles. The van der Waals surface area contributed by atoms with E-state index in [1.807, 2.05) is 0 Å². The molecule has 0 N–H and O–H groups in total. The number of nitrogens with zero attached hydrogens (tertiary/aromatic N) is 3. The van der Waals surface area contributed by atoms with Crippen molar-refractivity contribution in [2.24, 2.45) is 0 Å². The predicted octanol–water partition coefficient (Wildman–Crippen LogP) is 18.5. The molecule has 3 heteroatoms. The maximum absolute atomic E-state index is 2.48. The Morgan fingerprint density at radius 1 is 0.333 bits per heavy atom. The van der Waals surface area contributed by atoms with Gasteiger partial charge in [0.05, 0.1) is 22.0 Å². The van der Waals surface area contributed by atoms with Gasteiger partial charge in [-0.1, -0.05) is 190 Å². The first kappa shape index (κ1) is 43.2. The highest BCUT2D eigenvalue weighted by atomic mass is 15.1. The van der Waals surface area contributed by atoms with Gasteiger partial charge in [-0.2, -0.15) is 0 Å². The fourth-order valence-electron chi connectivity index (χ4n) is 13.2. The second kappa shape index (κ2) is 16.5. The molecule has 354 valence electrons. The number of hydrogen-bond acceptors (Lipinski definition) is 1. The number of anilines is 3. The lowest BCUT2D eigenvalue weighted by atomic mass is 9.67. The maximum atomic E-state index is 2.48. The van der Waals surface area contributed by atoms with E-state index in [0.29, 0.717) is 0 Å². The van der Waals surface area contributed by atoms with Crippen molar-refractivity contribution in [3.8, 4) is 44.8 Å². The van der Waals surface area contributed by atoms with E-state index in [0.717, 1.165) is 34.0 Å². The Balaban J connectivity index is 0.913. The molecule has 13 aromatic rings. The largest absolute Gasteiger partial charge is 0.317 e. The van der Waals surface area contributed by atoms with Crippen LogP contribution in [0.2, 0.25) is 0 Å². The molecule has 0 amide bonds. The molecule has 2 aliphatic rings. The smallest absolute Gasteiger partial charge is 0.0714 e. The molecule has 0 bridgehead atoms. The number of fused-ring (bicyclic) bond motifs is 11. The van der Waals surface area contributed by atoms with Crippen molar-refractivity contribution in [3.05, 3.63) is 306 Å². The summed E-state index contributed by atoms with van der Waals surface area (Å²) in [6, 6.07) is 99.1. The molecule has 0 saturated heterocycles. The van der Waals surface area contributed by atoms with Crippen molar-refractivity contribution in [3.63, 3.8) is 0 Å². The van der Waals surface area contributed by atoms with Gasteiger partial charge in [0.1, 0.15) is 0 Å². The Morgan fingerprint density at radius 3 is 1.49 bits per heavy atom. The molecular weight excluding hydrogens is 907 g/mol. The van der Waals surface area contributed by atoms with Crippen LogP contribution in [0.25, 0.3) is 77.5 Å². The third kappa shape index (κ3) is 6.34. The van der Waals surface area contributed by atoms with Crippen molar-refractivity contribution in [1.82, 2.24) is 9.13 Å². The SMILES string of the molecule is CC1(C)c2ccccc2-c2ccc(N(c3ccc(-c4ccc5c(c4)c4c6ccn(-c7ccccc7)c6ccc4n5-c4ccccc4)cc3)c3ccc4c(c3)C(c3ccccc3)(c3ccccc3)c3ccccc3-4)cc21. The first-order chi connectivity index (χ1) is 37.0. The van der Waals surface area contributed by atoms with Gasteiger partial charge in [-0.3, -0.25) is 0 Å². The molecule has 0 radical (unpaired) electrons. The van der Waals surface area contributed by atoms with Gasteiger partial charge in [0.2, 0.25) is 0 Å². The second-order valence-electron chi connectivity index (χ2n) is 20.9. The zero-order valence-electron chi connectivity index (χ0n) is 41.8. The highest BCUT2D eigenvalue weighted by molar-refractivity contribution is 6.21. The molecule has 3 nitrogen and oxygen atoms in total. The Kier molecular flexibility index (Phi) is 9.52. The van der Waals surface area contributed by atoms with Crippen LogP contribution in [0.3, 0.4) is 0 Å². The van der Waals surface area contributed by atoms with Gasteiger partial charge in [-0.15, -0.1) is 0 Å². The highest BCUT2D eigenvalue weighted by Crippen LogP contribution is 2.58. The predicted molar refractivity (Wildman–Crippen MR) is 313 cm³/mol. The molecule has 0 fully saturated rings. The maximum Gasteiger partial charge on any atom is 0.0714 e. The van der Waals surface area contributed by atoms with Crippen LogP contribution in [0.4, 0.5) is 17.1 Å². The van der Waals surface area contributed by atoms with Gasteiger partial charge in [-0.25, -0.2) is 0 Å². The lowest BCUT2D eigenvalue weighted by Crippen LogP contribution is -2.28. The number of benzene rings is 11. The van der Waals surface area contributed by atoms with Crippen LogP contribution in [0.1, 0.15) is 47.2 Å². The van der Waals surface area contributed by atoms with Gasteiger partial charge in [0, 0.05) is 56.2 Å². The summed E-state index contributed by atoms with van der Waals surface area (Å²) in [6.07, 6.45) is 2.21. The summed E-state index contributed by atoms with van der Waals surface area (Å²) in [7, 11) is 0. The number of rotatable bonds is 8. The Morgan fingerprint density at radius 2 is 0.827 bits per heavy atom. The summed E-state index contributed by atoms with van der Waals surface area (Å²) >= 11 is 0. The van der Waals surface area contributed by atoms with Crippen LogP contribution in [0, 0.1) is 0 Å². The Bertz CT molecular complexity index is 4310. The van der Waals surface area contributed by atoms with Crippen molar-refractivity contribution < 1.29 is 0 Å². The topological polar surface area (TPSA) is 13.1 Å². The average Bonchev–Trinajstić information content (AvgIpc) is 4.32. The Labute approximate surface area is 437 Å². The fourth-order valence-corrected chi connectivity index (χ4v) is 13.2. The molecule has 75 heavy (non-hydrogen) atoms. The van der Waals surface area contributed by atoms with Gasteiger partial charge in [0.25, 0.3) is 0 Å². The standard InChI is InChI=1S/C72H51N3/c1-71(2)63-29-17-15-27-57(63)59-38-36-55(46-65(59)71)74(56-37-39-60-58-28-16-18-30-64(58)72(66(60)47-56,50-19-7-3-8-20-50)51-21-9-4-10-22-51)54-34-31-48(32-35-54)49-33-40-68-62(45-49)70-61-43-44-73(52-23-11-5-12-24-52)67(61)41-42-69(70)75(68)53-25-13-6-14-26-53/h3-47H,1-2H3. The van der Waals surface area contributed by atoms with E-state index in [9.17, 15) is 0 Å². The van der Waals surface area contributed by atoms with E-state index in [1.165, 1.54) is 93.9 Å². The van der Waals surface area contributed by atoms with Crippen LogP contribution in [0.5, 0.6) is 0 Å². The van der Waals surface area contributed by atoms with Crippen molar-refractivity contribution in [2.45, 2.75) is 24.7 Å². The molecule has 2 aromatic heterocycles. The van der Waals surface area contributed by atoms with Crippen LogP contribution in [0.15, 0.2) is 273 Å². The van der Waals surface area contributed by atoms with E-state index in [-0.39, 0.29) is 5.41 Å². The molecule has 0 spiro atoms. The van der Waals surface area contributed by atoms with E-state index in [1.54, 1.807) is 0 Å². The summed E-state index contributed by atoms with van der Waals surface area (Å²) in [6.45, 7) is 4.75. The molecule has 0 aliphatic heterocycles. The minimum Gasteiger partial charge on any atom is -0.317 e. The van der Waals surface area contributed by atoms with E-state index in [2.05, 4.69) is 301 Å². The van der Waals surface area contributed by atoms with Crippen LogP contribution >= 0.6 is 0 Å². The third-order valence-electron chi connectivity index (χ3n) is 16.6. The van der Waals surface area contributed by atoms with Gasteiger partial charge >= 0.3 is 0 Å². The van der Waals surface area contributed by atoms with Crippen LogP contribution < -0.4 is 4.90 Å². The zero-order valence-corrected chi connectivity index (χ0v) is 41.8. The summed E-state index contributed by atoms with van der Waals surface area (Å²) in [5.41, 5.74) is 23.8. The van der Waals surface area contributed by atoms with Crippen LogP contribution in [-0.2, 0) is 10.8 Å². The summed E-state index contributed by atoms with van der Waals surface area (Å²) in [4.78, 5) is 2.48. The summed E-state index contributed by atoms with van der Waals surface area (Å²) in [5, 5.41) is 3.73. The van der Waals surface area contributed by atoms with Gasteiger partial charge < -0.3 is 14.0 Å². The monoisotopic (exact) mass is 957 g/mol. The highest BCUT2D eigenvalue weighted by Gasteiger charge is 2.46. The Hall–Kier alpha value is -9.44. The van der Waals surface area contributed by atoms with E-state index in [4.69, 9.17) is 0 Å².